The van der Waals surface area contributed by atoms with Crippen molar-refractivity contribution in [3.05, 3.63) is 24.3 Å². The van der Waals surface area contributed by atoms with E-state index in [0.29, 0.717) is 5.41 Å². The van der Waals surface area contributed by atoms with Gasteiger partial charge in [0.25, 0.3) is 5.91 Å². The second-order valence-electron chi connectivity index (χ2n) is 6.16. The van der Waals surface area contributed by atoms with Gasteiger partial charge < -0.3 is 10.4 Å². The summed E-state index contributed by atoms with van der Waals surface area (Å²) in [5.74, 6) is -0.286. The van der Waals surface area contributed by atoms with E-state index in [4.69, 9.17) is 0 Å². The molecule has 1 aliphatic carbocycles. The molecule has 0 unspecified atom stereocenters. The number of carbonyl (C=O) groups excluding carboxylic acids is 1. The first-order valence-electron chi connectivity index (χ1n) is 6.67. The van der Waals surface area contributed by atoms with Gasteiger partial charge in [0, 0.05) is 18.9 Å². The van der Waals surface area contributed by atoms with Crippen LogP contribution in [0.3, 0.4) is 0 Å². The monoisotopic (exact) mass is 263 g/mol. The molecular weight excluding hydrogens is 242 g/mol. The number of nitrogens with zero attached hydrogens (tertiary/aromatic N) is 2. The van der Waals surface area contributed by atoms with Crippen molar-refractivity contribution >= 4 is 5.91 Å². The lowest BCUT2D eigenvalue weighted by Gasteiger charge is -2.40. The largest absolute Gasteiger partial charge is 0.388 e. The number of aliphatic hydroxyl groups is 1. The number of rotatable bonds is 3. The molecule has 1 saturated carbocycles. The predicted molar refractivity (Wildman–Crippen MR) is 71.6 cm³/mol. The van der Waals surface area contributed by atoms with Gasteiger partial charge in [0.05, 0.1) is 11.8 Å². The van der Waals surface area contributed by atoms with Crippen LogP contribution in [0.15, 0.2) is 18.6 Å². The van der Waals surface area contributed by atoms with Gasteiger partial charge in [-0.2, -0.15) is 0 Å². The molecule has 19 heavy (non-hydrogen) atoms. The fourth-order valence-corrected chi connectivity index (χ4v) is 2.32. The Bertz CT molecular complexity index is 435. The minimum absolute atomic E-state index is 0.276. The van der Waals surface area contributed by atoms with Gasteiger partial charge >= 0.3 is 0 Å². The Balaban J connectivity index is 1.87. The van der Waals surface area contributed by atoms with Gasteiger partial charge in [0.1, 0.15) is 5.69 Å². The van der Waals surface area contributed by atoms with Crippen LogP contribution in [0, 0.1) is 5.41 Å². The SMILES string of the molecule is CC1(C)CCC(O)(CNC(=O)c2cnccn2)CC1. The maximum Gasteiger partial charge on any atom is 0.271 e. The molecule has 0 radical (unpaired) electrons. The molecule has 104 valence electrons. The van der Waals surface area contributed by atoms with Crippen molar-refractivity contribution < 1.29 is 9.90 Å². The Hall–Kier alpha value is -1.49. The fraction of sp³-hybridized carbons (Fsp3) is 0.643. The van der Waals surface area contributed by atoms with E-state index in [-0.39, 0.29) is 18.1 Å². The average molecular weight is 263 g/mol. The van der Waals surface area contributed by atoms with Crippen LogP contribution < -0.4 is 5.32 Å². The first-order chi connectivity index (χ1) is 8.90. The topological polar surface area (TPSA) is 75.1 Å². The van der Waals surface area contributed by atoms with Gasteiger partial charge in [-0.05, 0) is 31.1 Å². The van der Waals surface area contributed by atoms with Crippen molar-refractivity contribution in [3.63, 3.8) is 0 Å². The van der Waals surface area contributed by atoms with E-state index in [1.54, 1.807) is 0 Å². The van der Waals surface area contributed by atoms with Crippen LogP contribution >= 0.6 is 0 Å². The van der Waals surface area contributed by atoms with Crippen molar-refractivity contribution in [2.24, 2.45) is 5.41 Å². The number of amides is 1. The maximum atomic E-state index is 11.8. The van der Waals surface area contributed by atoms with Gasteiger partial charge in [-0.15, -0.1) is 0 Å². The van der Waals surface area contributed by atoms with Crippen LogP contribution in [-0.4, -0.2) is 33.1 Å². The van der Waals surface area contributed by atoms with E-state index in [1.807, 2.05) is 0 Å². The molecule has 0 aliphatic heterocycles. The fourth-order valence-electron chi connectivity index (χ4n) is 2.32. The van der Waals surface area contributed by atoms with E-state index in [9.17, 15) is 9.90 Å². The summed E-state index contributed by atoms with van der Waals surface area (Å²) in [5, 5.41) is 13.2. The Morgan fingerprint density at radius 3 is 2.58 bits per heavy atom. The van der Waals surface area contributed by atoms with Crippen LogP contribution in [0.4, 0.5) is 0 Å². The quantitative estimate of drug-likeness (QED) is 0.867. The van der Waals surface area contributed by atoms with E-state index in [1.165, 1.54) is 18.6 Å². The summed E-state index contributed by atoms with van der Waals surface area (Å²) in [6, 6.07) is 0. The highest BCUT2D eigenvalue weighted by Crippen LogP contribution is 2.39. The van der Waals surface area contributed by atoms with Gasteiger partial charge in [0.2, 0.25) is 0 Å². The number of carbonyl (C=O) groups is 1. The van der Waals surface area contributed by atoms with Crippen molar-refractivity contribution in [1.29, 1.82) is 0 Å². The third-order valence-corrected chi connectivity index (χ3v) is 3.91. The Labute approximate surface area is 113 Å². The van der Waals surface area contributed by atoms with Gasteiger partial charge in [-0.3, -0.25) is 9.78 Å². The Morgan fingerprint density at radius 1 is 1.32 bits per heavy atom. The smallest absolute Gasteiger partial charge is 0.271 e. The third-order valence-electron chi connectivity index (χ3n) is 3.91. The molecule has 1 aromatic rings. The zero-order valence-electron chi connectivity index (χ0n) is 11.5. The lowest BCUT2D eigenvalue weighted by Crippen LogP contribution is -2.46. The van der Waals surface area contributed by atoms with E-state index < -0.39 is 5.60 Å². The Morgan fingerprint density at radius 2 is 2.00 bits per heavy atom. The number of nitrogens with one attached hydrogen (secondary N) is 1. The average Bonchev–Trinajstić information content (AvgIpc) is 2.41. The summed E-state index contributed by atoms with van der Waals surface area (Å²) in [4.78, 5) is 19.6. The second-order valence-corrected chi connectivity index (χ2v) is 6.16. The molecule has 1 amide bonds. The van der Waals surface area contributed by atoms with Crippen LogP contribution in [0.5, 0.6) is 0 Å². The number of hydrogen-bond acceptors (Lipinski definition) is 4. The highest BCUT2D eigenvalue weighted by atomic mass is 16.3. The molecule has 1 aliphatic rings. The van der Waals surface area contributed by atoms with Crippen molar-refractivity contribution in [1.82, 2.24) is 15.3 Å². The zero-order chi connectivity index (χ0) is 13.9. The molecule has 0 saturated heterocycles. The van der Waals surface area contributed by atoms with Crippen molar-refractivity contribution in [3.8, 4) is 0 Å². The molecule has 5 nitrogen and oxygen atoms in total. The first-order valence-corrected chi connectivity index (χ1v) is 6.67. The van der Waals surface area contributed by atoms with Crippen molar-refractivity contribution in [2.75, 3.05) is 6.54 Å². The van der Waals surface area contributed by atoms with E-state index >= 15 is 0 Å². The molecule has 1 fully saturated rings. The molecule has 0 atom stereocenters. The zero-order valence-corrected chi connectivity index (χ0v) is 11.5. The van der Waals surface area contributed by atoms with Crippen molar-refractivity contribution in [2.45, 2.75) is 45.1 Å². The van der Waals surface area contributed by atoms with Crippen LogP contribution in [0.2, 0.25) is 0 Å². The number of hydrogen-bond donors (Lipinski definition) is 2. The minimum Gasteiger partial charge on any atom is -0.388 e. The highest BCUT2D eigenvalue weighted by molar-refractivity contribution is 5.91. The summed E-state index contributed by atoms with van der Waals surface area (Å²) in [6.45, 7) is 4.70. The lowest BCUT2D eigenvalue weighted by atomic mass is 9.71. The molecule has 2 rings (SSSR count). The molecule has 1 heterocycles. The molecule has 0 bridgehead atoms. The van der Waals surface area contributed by atoms with E-state index in [2.05, 4.69) is 29.1 Å². The molecular formula is C14H21N3O2. The van der Waals surface area contributed by atoms with Crippen LogP contribution in [0.25, 0.3) is 0 Å². The van der Waals surface area contributed by atoms with E-state index in [0.717, 1.165) is 25.7 Å². The molecule has 1 aromatic heterocycles. The summed E-state index contributed by atoms with van der Waals surface area (Å²) < 4.78 is 0. The summed E-state index contributed by atoms with van der Waals surface area (Å²) in [7, 11) is 0. The summed E-state index contributed by atoms with van der Waals surface area (Å²) in [6.07, 6.45) is 7.82. The summed E-state index contributed by atoms with van der Waals surface area (Å²) in [5.41, 5.74) is -0.212. The molecule has 5 heteroatoms. The minimum atomic E-state index is -0.784. The van der Waals surface area contributed by atoms with Gasteiger partial charge in [-0.1, -0.05) is 13.8 Å². The third kappa shape index (κ3) is 3.73. The summed E-state index contributed by atoms with van der Waals surface area (Å²) >= 11 is 0. The van der Waals surface area contributed by atoms with Gasteiger partial charge in [-0.25, -0.2) is 4.98 Å². The van der Waals surface area contributed by atoms with Gasteiger partial charge in [0.15, 0.2) is 0 Å². The Kier molecular flexibility index (Phi) is 3.85. The maximum absolute atomic E-state index is 11.8. The van der Waals surface area contributed by atoms with Crippen LogP contribution in [-0.2, 0) is 0 Å². The van der Waals surface area contributed by atoms with Crippen LogP contribution in [0.1, 0.15) is 50.0 Å². The highest BCUT2D eigenvalue weighted by Gasteiger charge is 2.36. The number of aromatic nitrogens is 2. The molecule has 2 N–H and O–H groups in total. The standard InChI is InChI=1S/C14H21N3O2/c1-13(2)3-5-14(19,6-4-13)10-17-12(18)11-9-15-7-8-16-11/h7-9,19H,3-6,10H2,1-2H3,(H,17,18). The first kappa shape index (κ1) is 13.9. The second kappa shape index (κ2) is 5.25. The molecule has 0 aromatic carbocycles. The normalized spacial score (nSPS) is 20.8. The predicted octanol–water partition coefficient (Wildman–Crippen LogP) is 1.54. The lowest BCUT2D eigenvalue weighted by molar-refractivity contribution is -0.0233. The molecule has 0 spiro atoms.